The number of ether oxygens (including phenoxy) is 1. The molecule has 7 nitrogen and oxygen atoms in total. The van der Waals surface area contributed by atoms with Crippen LogP contribution in [-0.4, -0.2) is 41.0 Å². The first-order valence-corrected chi connectivity index (χ1v) is 12.8. The normalized spacial score (nSPS) is 46.8. The van der Waals surface area contributed by atoms with Crippen molar-refractivity contribution in [2.24, 2.45) is 45.0 Å². The maximum absolute atomic E-state index is 12.3. The number of furan rings is 1. The fourth-order valence-corrected chi connectivity index (χ4v) is 8.71. The lowest BCUT2D eigenvalue weighted by atomic mass is 9.43. The van der Waals surface area contributed by atoms with Crippen molar-refractivity contribution in [2.75, 3.05) is 13.2 Å². The van der Waals surface area contributed by atoms with Gasteiger partial charge in [-0.25, -0.2) is 0 Å². The molecular formula is C26H41N3O4. The minimum absolute atomic E-state index is 0.113. The predicted octanol–water partition coefficient (Wildman–Crippen LogP) is 3.28. The molecule has 4 aliphatic carbocycles. The fraction of sp³-hybridized carbons (Fsp3) is 0.808. The van der Waals surface area contributed by atoms with E-state index in [9.17, 15) is 10.2 Å². The molecule has 184 valence electrons. The minimum atomic E-state index is -1.03. The highest BCUT2D eigenvalue weighted by atomic mass is 16.5. The number of rotatable bonds is 5. The molecule has 4 fully saturated rings. The van der Waals surface area contributed by atoms with Crippen LogP contribution in [0, 0.1) is 28.6 Å². The lowest BCUT2D eigenvalue weighted by Crippen LogP contribution is -2.64. The van der Waals surface area contributed by atoms with Gasteiger partial charge in [0.05, 0.1) is 37.4 Å². The molecule has 33 heavy (non-hydrogen) atoms. The molecule has 5 rings (SSSR count). The second-order valence-corrected chi connectivity index (χ2v) is 11.7. The zero-order valence-corrected chi connectivity index (χ0v) is 20.1. The highest BCUT2D eigenvalue weighted by Crippen LogP contribution is 2.71. The topological polar surface area (TPSA) is 127 Å². The summed E-state index contributed by atoms with van der Waals surface area (Å²) in [7, 11) is 0. The maximum Gasteiger partial charge on any atom is 0.185 e. The van der Waals surface area contributed by atoms with Crippen LogP contribution in [0.15, 0.2) is 28.0 Å². The lowest BCUT2D eigenvalue weighted by Gasteiger charge is -2.64. The van der Waals surface area contributed by atoms with E-state index in [1.54, 1.807) is 12.5 Å². The van der Waals surface area contributed by atoms with Gasteiger partial charge >= 0.3 is 0 Å². The van der Waals surface area contributed by atoms with Gasteiger partial charge in [-0.1, -0.05) is 13.8 Å². The largest absolute Gasteiger partial charge is 0.472 e. The molecule has 2 unspecified atom stereocenters. The molecule has 1 aromatic rings. The van der Waals surface area contributed by atoms with E-state index < -0.39 is 16.6 Å². The summed E-state index contributed by atoms with van der Waals surface area (Å²) < 4.78 is 11.5. The maximum atomic E-state index is 12.3. The molecule has 7 heteroatoms. The summed E-state index contributed by atoms with van der Waals surface area (Å²) in [6, 6.07) is 1.87. The summed E-state index contributed by atoms with van der Waals surface area (Å²) in [5.41, 5.74) is 9.43. The smallest absolute Gasteiger partial charge is 0.185 e. The molecule has 1 heterocycles. The molecule has 4 saturated carbocycles. The average Bonchev–Trinajstić information content (AvgIpc) is 3.39. The third-order valence-electron chi connectivity index (χ3n) is 10.7. The van der Waals surface area contributed by atoms with Gasteiger partial charge in [0.15, 0.2) is 5.96 Å². The van der Waals surface area contributed by atoms with Crippen molar-refractivity contribution < 1.29 is 19.4 Å². The van der Waals surface area contributed by atoms with Crippen molar-refractivity contribution in [3.63, 3.8) is 0 Å². The second-order valence-electron chi connectivity index (χ2n) is 11.7. The van der Waals surface area contributed by atoms with Crippen LogP contribution in [0.1, 0.15) is 77.2 Å². The van der Waals surface area contributed by atoms with Crippen molar-refractivity contribution in [1.82, 2.24) is 0 Å². The summed E-state index contributed by atoms with van der Waals surface area (Å²) in [4.78, 5) is 4.03. The molecule has 0 radical (unpaired) electrons. The predicted molar refractivity (Wildman–Crippen MR) is 126 cm³/mol. The molecule has 4 aliphatic rings. The Hall–Kier alpha value is -1.57. The van der Waals surface area contributed by atoms with Crippen LogP contribution in [0.2, 0.25) is 0 Å². The zero-order chi connectivity index (χ0) is 23.5. The van der Waals surface area contributed by atoms with E-state index >= 15 is 0 Å². The number of aliphatic imine (C=N–C) groups is 1. The van der Waals surface area contributed by atoms with Crippen LogP contribution in [-0.2, 0) is 10.3 Å². The SMILES string of the molecule is C[C@]12CCC3C(CC[C@@H]4C[C@@H](OCCN=C(N)N)CC[C@]34C)[C@@]1(O)CC[C@]2(O)c1ccoc1. The van der Waals surface area contributed by atoms with Crippen LogP contribution in [0.3, 0.4) is 0 Å². The Morgan fingerprint density at radius 3 is 2.64 bits per heavy atom. The van der Waals surface area contributed by atoms with Crippen molar-refractivity contribution in [3.8, 4) is 0 Å². The van der Waals surface area contributed by atoms with Crippen LogP contribution < -0.4 is 11.5 Å². The molecule has 6 N–H and O–H groups in total. The Morgan fingerprint density at radius 2 is 1.91 bits per heavy atom. The molecule has 0 bridgehead atoms. The Labute approximate surface area is 197 Å². The van der Waals surface area contributed by atoms with E-state index in [4.69, 9.17) is 20.6 Å². The zero-order valence-electron chi connectivity index (χ0n) is 20.1. The molecule has 8 atom stereocenters. The number of hydrogen-bond acceptors (Lipinski definition) is 5. The standard InChI is InChI=1S/C26H41N3O4/c1-23-8-5-19(33-14-12-29-22(27)28)15-17(23)3-4-21-20(23)6-9-24(2)25(30,10-11-26(21,24)31)18-7-13-32-16-18/h7,13,16-17,19-21,30-31H,3-6,8-12,14-15H2,1-2H3,(H4,27,28,29)/t17-,19+,20?,21?,23+,24-,25+,26+/m1/s1. The van der Waals surface area contributed by atoms with E-state index in [1.165, 1.54) is 0 Å². The summed E-state index contributed by atoms with van der Waals surface area (Å²) in [5.74, 6) is 1.45. The molecule has 0 aromatic carbocycles. The summed E-state index contributed by atoms with van der Waals surface area (Å²) in [6.07, 6.45) is 12.1. The van der Waals surface area contributed by atoms with Gasteiger partial charge in [0.25, 0.3) is 0 Å². The van der Waals surface area contributed by atoms with Gasteiger partial charge < -0.3 is 30.8 Å². The average molecular weight is 460 g/mol. The molecule has 1 aromatic heterocycles. The van der Waals surface area contributed by atoms with Gasteiger partial charge in [0.1, 0.15) is 5.60 Å². The van der Waals surface area contributed by atoms with Crippen molar-refractivity contribution in [1.29, 1.82) is 0 Å². The number of fused-ring (bicyclic) bond motifs is 5. The van der Waals surface area contributed by atoms with Gasteiger partial charge in [-0.2, -0.15) is 0 Å². The summed E-state index contributed by atoms with van der Waals surface area (Å²) in [5, 5.41) is 24.2. The quantitative estimate of drug-likeness (QED) is 0.304. The lowest BCUT2D eigenvalue weighted by molar-refractivity contribution is -0.239. The van der Waals surface area contributed by atoms with E-state index in [0.717, 1.165) is 50.5 Å². The number of aliphatic hydroxyl groups is 2. The Morgan fingerprint density at radius 1 is 1.09 bits per heavy atom. The Bertz CT molecular complexity index is 886. The van der Waals surface area contributed by atoms with Gasteiger partial charge in [-0.3, -0.25) is 4.99 Å². The molecule has 0 spiro atoms. The third kappa shape index (κ3) is 3.29. The van der Waals surface area contributed by atoms with Gasteiger partial charge in [0, 0.05) is 11.0 Å². The molecule has 0 aliphatic heterocycles. The van der Waals surface area contributed by atoms with E-state index in [2.05, 4.69) is 18.8 Å². The monoisotopic (exact) mass is 459 g/mol. The van der Waals surface area contributed by atoms with Gasteiger partial charge in [0.2, 0.25) is 0 Å². The van der Waals surface area contributed by atoms with E-state index in [1.807, 2.05) is 6.07 Å². The third-order valence-corrected chi connectivity index (χ3v) is 10.7. The molecular weight excluding hydrogens is 418 g/mol. The van der Waals surface area contributed by atoms with Crippen LogP contribution in [0.25, 0.3) is 0 Å². The molecule has 0 saturated heterocycles. The van der Waals surface area contributed by atoms with E-state index in [-0.39, 0.29) is 23.4 Å². The number of guanidine groups is 1. The van der Waals surface area contributed by atoms with Crippen molar-refractivity contribution in [2.45, 2.75) is 88.9 Å². The highest BCUT2D eigenvalue weighted by molar-refractivity contribution is 5.75. The Kier molecular flexibility index (Phi) is 5.61. The van der Waals surface area contributed by atoms with E-state index in [0.29, 0.717) is 37.8 Å². The number of nitrogens with zero attached hydrogens (tertiary/aromatic N) is 1. The molecule has 0 amide bonds. The first-order valence-electron chi connectivity index (χ1n) is 12.8. The Balaban J connectivity index is 1.32. The van der Waals surface area contributed by atoms with Gasteiger partial charge in [-0.15, -0.1) is 0 Å². The van der Waals surface area contributed by atoms with Crippen molar-refractivity contribution >= 4 is 5.96 Å². The summed E-state index contributed by atoms with van der Waals surface area (Å²) >= 11 is 0. The first-order chi connectivity index (χ1) is 15.6. The van der Waals surface area contributed by atoms with Crippen molar-refractivity contribution in [3.05, 3.63) is 24.2 Å². The first kappa shape index (κ1) is 23.2. The highest BCUT2D eigenvalue weighted by Gasteiger charge is 2.72. The van der Waals surface area contributed by atoms with Crippen LogP contribution >= 0.6 is 0 Å². The van der Waals surface area contributed by atoms with Crippen LogP contribution in [0.4, 0.5) is 0 Å². The minimum Gasteiger partial charge on any atom is -0.472 e. The summed E-state index contributed by atoms with van der Waals surface area (Å²) in [6.45, 7) is 5.66. The second kappa shape index (κ2) is 7.99. The number of hydrogen-bond donors (Lipinski definition) is 4. The fourth-order valence-electron chi connectivity index (χ4n) is 8.71. The van der Waals surface area contributed by atoms with Crippen LogP contribution in [0.5, 0.6) is 0 Å². The number of nitrogens with two attached hydrogens (primary N) is 2. The van der Waals surface area contributed by atoms with Gasteiger partial charge in [-0.05, 0) is 87.0 Å².